The Kier molecular flexibility index (Phi) is 36.3. The lowest BCUT2D eigenvalue weighted by Gasteiger charge is -2.42. The Labute approximate surface area is 408 Å². The van der Waals surface area contributed by atoms with Gasteiger partial charge in [0.05, 0.1) is 19.8 Å². The molecule has 15 heteroatoms. The number of esters is 2. The zero-order chi connectivity index (χ0) is 49.6. The van der Waals surface area contributed by atoms with Gasteiger partial charge in [-0.15, -0.1) is 0 Å². The predicted octanol–water partition coefficient (Wildman–Crippen LogP) is 7.49. The Bertz CT molecular complexity index is 1370. The van der Waals surface area contributed by atoms with Crippen molar-refractivity contribution in [3.63, 3.8) is 0 Å². The summed E-state index contributed by atoms with van der Waals surface area (Å²) in [5, 5.41) is 72.1. The Balaban J connectivity index is 1.83. The minimum absolute atomic E-state index is 0.0897. The Morgan fingerprint density at radius 2 is 0.897 bits per heavy atom. The third-order valence-corrected chi connectivity index (χ3v) is 12.3. The first-order valence-corrected chi connectivity index (χ1v) is 26.2. The molecule has 0 bridgehead atoms. The average Bonchev–Trinajstić information content (AvgIpc) is 3.33. The first-order valence-electron chi connectivity index (χ1n) is 26.2. The number of unbranched alkanes of at least 4 members (excludes halogenated alkanes) is 18. The van der Waals surface area contributed by atoms with Gasteiger partial charge in [-0.2, -0.15) is 0 Å². The normalized spacial score (nSPS) is 26.1. The molecule has 0 saturated carbocycles. The molecule has 2 rings (SSSR count). The van der Waals surface area contributed by atoms with Crippen LogP contribution in [0.1, 0.15) is 181 Å². The monoisotopic (exact) mass is 969 g/mol. The Morgan fingerprint density at radius 1 is 0.471 bits per heavy atom. The second-order valence-corrected chi connectivity index (χ2v) is 18.4. The molecule has 0 aliphatic carbocycles. The minimum atomic E-state index is -1.77. The van der Waals surface area contributed by atoms with E-state index in [1.165, 1.54) is 89.9 Å². The van der Waals surface area contributed by atoms with Crippen molar-refractivity contribution in [3.05, 3.63) is 48.6 Å². The van der Waals surface area contributed by atoms with E-state index in [1.807, 2.05) is 12.2 Å². The first kappa shape index (κ1) is 61.6. The Morgan fingerprint density at radius 3 is 1.43 bits per heavy atom. The second-order valence-electron chi connectivity index (χ2n) is 18.4. The largest absolute Gasteiger partial charge is 0.462 e. The molecule has 15 nitrogen and oxygen atoms in total. The quantitative estimate of drug-likeness (QED) is 0.0179. The van der Waals surface area contributed by atoms with E-state index >= 15 is 0 Å². The molecule has 11 atom stereocenters. The van der Waals surface area contributed by atoms with Gasteiger partial charge in [-0.3, -0.25) is 9.59 Å². The van der Waals surface area contributed by atoms with Gasteiger partial charge in [0.25, 0.3) is 0 Å². The lowest BCUT2D eigenvalue weighted by molar-refractivity contribution is -0.332. The van der Waals surface area contributed by atoms with E-state index in [1.54, 1.807) is 0 Å². The smallest absolute Gasteiger partial charge is 0.306 e. The molecule has 0 aromatic rings. The van der Waals surface area contributed by atoms with Gasteiger partial charge in [0, 0.05) is 12.8 Å². The molecule has 7 N–H and O–H groups in total. The molecule has 2 heterocycles. The number of aliphatic hydroxyl groups is 7. The van der Waals surface area contributed by atoms with Crippen LogP contribution in [0, 0.1) is 0 Å². The lowest BCUT2D eigenvalue weighted by atomic mass is 9.98. The number of hydrogen-bond donors (Lipinski definition) is 7. The maximum Gasteiger partial charge on any atom is 0.306 e. The fraction of sp³-hybridized carbons (Fsp3) is 0.811. The SMILES string of the molecule is CCCCC/C=C/C/C=C/C/C=C/C/C=C/CCCC(=O)O[C@H](COC(=O)CCCCCCCCCCCCCCCCC)CO[C@H]1O[C@@H](CO[C@H]2O[C@@H](CO)[C@@H](O)C(O)C2O)[C@@H](O)C(O)C1O. The molecular weight excluding hydrogens is 877 g/mol. The van der Waals surface area contributed by atoms with Crippen LogP contribution < -0.4 is 0 Å². The van der Waals surface area contributed by atoms with E-state index in [0.717, 1.165) is 44.9 Å². The third-order valence-electron chi connectivity index (χ3n) is 12.3. The van der Waals surface area contributed by atoms with E-state index in [0.29, 0.717) is 19.3 Å². The molecule has 0 spiro atoms. The van der Waals surface area contributed by atoms with E-state index in [9.17, 15) is 45.3 Å². The number of allylic oxidation sites excluding steroid dienone is 8. The highest BCUT2D eigenvalue weighted by Crippen LogP contribution is 2.26. The van der Waals surface area contributed by atoms with Crippen LogP contribution in [0.3, 0.4) is 0 Å². The highest BCUT2D eigenvalue weighted by atomic mass is 16.7. The number of aliphatic hydroxyl groups excluding tert-OH is 7. The molecule has 4 unspecified atom stereocenters. The zero-order valence-corrected chi connectivity index (χ0v) is 41.6. The molecule has 68 heavy (non-hydrogen) atoms. The summed E-state index contributed by atoms with van der Waals surface area (Å²) >= 11 is 0. The van der Waals surface area contributed by atoms with Crippen molar-refractivity contribution < 1.29 is 73.8 Å². The van der Waals surface area contributed by atoms with Crippen molar-refractivity contribution in [3.8, 4) is 0 Å². The van der Waals surface area contributed by atoms with Gasteiger partial charge in [-0.05, 0) is 51.4 Å². The molecule has 0 aromatic carbocycles. The Hall–Kier alpha value is -2.54. The molecule has 2 aliphatic rings. The van der Waals surface area contributed by atoms with Crippen LogP contribution in [0.15, 0.2) is 48.6 Å². The van der Waals surface area contributed by atoms with E-state index in [4.69, 9.17) is 28.4 Å². The van der Waals surface area contributed by atoms with E-state index < -0.39 is 99.3 Å². The fourth-order valence-electron chi connectivity index (χ4n) is 7.97. The number of ether oxygens (including phenoxy) is 6. The van der Waals surface area contributed by atoms with Crippen molar-refractivity contribution in [2.24, 2.45) is 0 Å². The summed E-state index contributed by atoms with van der Waals surface area (Å²) in [7, 11) is 0. The van der Waals surface area contributed by atoms with E-state index in [2.05, 4.69) is 50.3 Å². The van der Waals surface area contributed by atoms with Gasteiger partial charge in [0.15, 0.2) is 18.7 Å². The summed E-state index contributed by atoms with van der Waals surface area (Å²) in [6.07, 6.45) is 27.1. The average molecular weight is 969 g/mol. The van der Waals surface area contributed by atoms with Crippen LogP contribution in [0.4, 0.5) is 0 Å². The second kappa shape index (κ2) is 40.1. The number of hydrogen-bond acceptors (Lipinski definition) is 15. The number of carbonyl (C=O) groups is 2. The molecule has 394 valence electrons. The van der Waals surface area contributed by atoms with Crippen LogP contribution in [-0.4, -0.2) is 142 Å². The maximum absolute atomic E-state index is 13.0. The van der Waals surface area contributed by atoms with Crippen molar-refractivity contribution >= 4 is 11.9 Å². The maximum atomic E-state index is 13.0. The summed E-state index contributed by atoms with van der Waals surface area (Å²) in [5.41, 5.74) is 0. The van der Waals surface area contributed by atoms with Crippen LogP contribution >= 0.6 is 0 Å². The van der Waals surface area contributed by atoms with Crippen LogP contribution in [0.25, 0.3) is 0 Å². The molecule has 2 fully saturated rings. The van der Waals surface area contributed by atoms with Gasteiger partial charge < -0.3 is 64.2 Å². The van der Waals surface area contributed by atoms with Gasteiger partial charge in [-0.1, -0.05) is 165 Å². The standard InChI is InChI=1S/C53H92O15/c1-3-5-7-9-11-13-15-17-19-20-22-24-26-28-30-32-34-36-45(56)66-41(38-63-44(55)35-33-31-29-27-25-23-21-18-16-14-12-10-8-6-4-2)39-64-52-51(62)49(60)47(58)43(68-52)40-65-53-50(61)48(59)46(57)42(37-54)67-53/h11,13,17,19,22,24,28,30,41-43,46-54,57-62H,3-10,12,14-16,18,20-21,23,25-27,29,31-40H2,1-2H3/b13-11+,19-17+,24-22+,30-28+/t41-,42+,43+,46-,47-,48?,49?,50?,51?,52+,53+/m1/s1. The van der Waals surface area contributed by atoms with Gasteiger partial charge in [0.1, 0.15) is 55.4 Å². The topological polar surface area (TPSA) is 231 Å². The summed E-state index contributed by atoms with van der Waals surface area (Å²) in [6, 6.07) is 0. The minimum Gasteiger partial charge on any atom is -0.462 e. The summed E-state index contributed by atoms with van der Waals surface area (Å²) < 4.78 is 33.5. The number of carbonyl (C=O) groups excluding carboxylic acids is 2. The summed E-state index contributed by atoms with van der Waals surface area (Å²) in [5.74, 6) is -0.988. The third kappa shape index (κ3) is 27.7. The zero-order valence-electron chi connectivity index (χ0n) is 41.6. The van der Waals surface area contributed by atoms with E-state index in [-0.39, 0.29) is 19.4 Å². The van der Waals surface area contributed by atoms with Crippen molar-refractivity contribution in [1.29, 1.82) is 0 Å². The number of rotatable bonds is 40. The van der Waals surface area contributed by atoms with Crippen LogP contribution in [-0.2, 0) is 38.0 Å². The highest BCUT2D eigenvalue weighted by molar-refractivity contribution is 5.70. The van der Waals surface area contributed by atoms with Gasteiger partial charge in [-0.25, -0.2) is 0 Å². The fourth-order valence-corrected chi connectivity index (χ4v) is 7.97. The van der Waals surface area contributed by atoms with Crippen LogP contribution in [0.5, 0.6) is 0 Å². The predicted molar refractivity (Wildman–Crippen MR) is 261 cm³/mol. The van der Waals surface area contributed by atoms with Crippen molar-refractivity contribution in [2.75, 3.05) is 26.4 Å². The van der Waals surface area contributed by atoms with Crippen LogP contribution in [0.2, 0.25) is 0 Å². The summed E-state index contributed by atoms with van der Waals surface area (Å²) in [4.78, 5) is 25.7. The molecule has 2 saturated heterocycles. The van der Waals surface area contributed by atoms with Crippen molar-refractivity contribution in [1.82, 2.24) is 0 Å². The molecule has 0 radical (unpaired) electrons. The molecular formula is C53H92O15. The molecule has 0 amide bonds. The first-order chi connectivity index (χ1) is 33.0. The van der Waals surface area contributed by atoms with Gasteiger partial charge >= 0.3 is 11.9 Å². The summed E-state index contributed by atoms with van der Waals surface area (Å²) in [6.45, 7) is 2.51. The lowest BCUT2D eigenvalue weighted by Crippen LogP contribution is -2.61. The molecule has 0 aromatic heterocycles. The van der Waals surface area contributed by atoms with Crippen molar-refractivity contribution in [2.45, 2.75) is 248 Å². The highest BCUT2D eigenvalue weighted by Gasteiger charge is 2.47. The molecule has 2 aliphatic heterocycles. The van der Waals surface area contributed by atoms with Gasteiger partial charge in [0.2, 0.25) is 0 Å².